The fourth-order valence-electron chi connectivity index (χ4n) is 3.31. The number of likely N-dealkylation sites (tertiary alicyclic amines) is 1. The molecule has 1 fully saturated rings. The molecule has 5 nitrogen and oxygen atoms in total. The number of hydrogen-bond acceptors (Lipinski definition) is 4. The normalized spacial score (nSPS) is 17.3. The molecule has 25 heavy (non-hydrogen) atoms. The number of hydrogen-bond donors (Lipinski definition) is 0. The lowest BCUT2D eigenvalue weighted by molar-refractivity contribution is -0.144. The molecule has 0 aliphatic carbocycles. The van der Waals surface area contributed by atoms with Gasteiger partial charge in [-0.15, -0.1) is 0 Å². The third kappa shape index (κ3) is 4.10. The van der Waals surface area contributed by atoms with Gasteiger partial charge in [0.05, 0.1) is 19.3 Å². The van der Waals surface area contributed by atoms with Gasteiger partial charge < -0.3 is 14.1 Å². The molecule has 2 heterocycles. The number of nitrogens with zero attached hydrogens (tertiary/aromatic N) is 1. The summed E-state index contributed by atoms with van der Waals surface area (Å²) in [5.41, 5.74) is 1.49. The van der Waals surface area contributed by atoms with E-state index in [1.54, 1.807) is 13.2 Å². The van der Waals surface area contributed by atoms with Gasteiger partial charge in [0, 0.05) is 23.7 Å². The molecule has 1 saturated heterocycles. The molecule has 1 aromatic heterocycles. The van der Waals surface area contributed by atoms with Gasteiger partial charge in [-0.2, -0.15) is 0 Å². The van der Waals surface area contributed by atoms with E-state index in [0.717, 1.165) is 30.6 Å². The lowest BCUT2D eigenvalue weighted by Gasteiger charge is -2.35. The Hall–Kier alpha value is -2.56. The zero-order valence-electron chi connectivity index (χ0n) is 14.4. The summed E-state index contributed by atoms with van der Waals surface area (Å²) in [5, 5.41) is 0. The molecule has 0 N–H and O–H groups in total. The van der Waals surface area contributed by atoms with Crippen LogP contribution in [-0.4, -0.2) is 36.0 Å². The molecular weight excluding hydrogens is 318 g/mol. The maximum atomic E-state index is 13.0. The Morgan fingerprint density at radius 2 is 2.12 bits per heavy atom. The van der Waals surface area contributed by atoms with Crippen LogP contribution in [0.5, 0.6) is 0 Å². The van der Waals surface area contributed by atoms with E-state index in [1.165, 1.54) is 0 Å². The largest absolute Gasteiger partial charge is 0.466 e. The second-order valence-corrected chi connectivity index (χ2v) is 6.22. The van der Waals surface area contributed by atoms with E-state index in [9.17, 15) is 9.59 Å². The minimum absolute atomic E-state index is 0.0394. The molecule has 1 aliphatic rings. The average molecular weight is 341 g/mol. The van der Waals surface area contributed by atoms with Gasteiger partial charge in [-0.3, -0.25) is 9.59 Å². The van der Waals surface area contributed by atoms with Crippen LogP contribution in [0.3, 0.4) is 0 Å². The van der Waals surface area contributed by atoms with Crippen LogP contribution >= 0.6 is 0 Å². The molecule has 0 bridgehead atoms. The number of ether oxygens (including phenoxy) is 1. The Morgan fingerprint density at radius 3 is 2.88 bits per heavy atom. The SMILES string of the molecule is CCOC(=O)C[C@@H]1CCCCN1C(=O)c1cccc(-c2ccco2)c1. The first kappa shape index (κ1) is 17.3. The summed E-state index contributed by atoms with van der Waals surface area (Å²) in [4.78, 5) is 26.7. The molecular formula is C20H23NO4. The Kier molecular flexibility index (Phi) is 5.53. The van der Waals surface area contributed by atoms with Crippen molar-refractivity contribution in [1.29, 1.82) is 0 Å². The lowest BCUT2D eigenvalue weighted by atomic mass is 9.97. The average Bonchev–Trinajstić information content (AvgIpc) is 3.17. The second-order valence-electron chi connectivity index (χ2n) is 6.22. The van der Waals surface area contributed by atoms with Crippen molar-refractivity contribution in [2.24, 2.45) is 0 Å². The van der Waals surface area contributed by atoms with Crippen molar-refractivity contribution in [3.8, 4) is 11.3 Å². The highest BCUT2D eigenvalue weighted by Gasteiger charge is 2.29. The van der Waals surface area contributed by atoms with Gasteiger partial charge >= 0.3 is 5.97 Å². The standard InChI is InChI=1S/C20H23NO4/c1-2-24-19(22)14-17-9-3-4-11-21(17)20(23)16-8-5-7-15(13-16)18-10-6-12-25-18/h5-8,10,12-13,17H,2-4,9,11,14H2,1H3/t17-/m0/s1. The van der Waals surface area contributed by atoms with Crippen LogP contribution in [0.15, 0.2) is 47.1 Å². The number of furan rings is 1. The quantitative estimate of drug-likeness (QED) is 0.774. The summed E-state index contributed by atoms with van der Waals surface area (Å²) in [6, 6.07) is 11.0. The molecule has 3 rings (SSSR count). The van der Waals surface area contributed by atoms with Gasteiger partial charge in [0.2, 0.25) is 0 Å². The Labute approximate surface area is 147 Å². The molecule has 0 unspecified atom stereocenters. The number of amides is 1. The zero-order chi connectivity index (χ0) is 17.6. The van der Waals surface area contributed by atoms with E-state index in [2.05, 4.69) is 0 Å². The van der Waals surface area contributed by atoms with Gasteiger partial charge in [-0.25, -0.2) is 0 Å². The van der Waals surface area contributed by atoms with Gasteiger partial charge in [0.1, 0.15) is 5.76 Å². The molecule has 5 heteroatoms. The van der Waals surface area contributed by atoms with Gasteiger partial charge in [-0.1, -0.05) is 12.1 Å². The van der Waals surface area contributed by atoms with E-state index < -0.39 is 0 Å². The number of piperidine rings is 1. The molecule has 132 valence electrons. The third-order valence-corrected chi connectivity index (χ3v) is 4.51. The molecule has 0 spiro atoms. The zero-order valence-corrected chi connectivity index (χ0v) is 14.4. The van der Waals surface area contributed by atoms with E-state index >= 15 is 0 Å². The highest BCUT2D eigenvalue weighted by atomic mass is 16.5. The summed E-state index contributed by atoms with van der Waals surface area (Å²) < 4.78 is 10.5. The van der Waals surface area contributed by atoms with Crippen molar-refractivity contribution in [1.82, 2.24) is 4.90 Å². The van der Waals surface area contributed by atoms with Gasteiger partial charge in [-0.05, 0) is 50.5 Å². The van der Waals surface area contributed by atoms with Crippen molar-refractivity contribution in [2.75, 3.05) is 13.2 Å². The van der Waals surface area contributed by atoms with Crippen molar-refractivity contribution >= 4 is 11.9 Å². The molecule has 0 saturated carbocycles. The van der Waals surface area contributed by atoms with Crippen LogP contribution in [-0.2, 0) is 9.53 Å². The maximum Gasteiger partial charge on any atom is 0.307 e. The predicted octanol–water partition coefficient (Wildman–Crippen LogP) is 3.89. The lowest BCUT2D eigenvalue weighted by Crippen LogP contribution is -2.45. The van der Waals surface area contributed by atoms with Crippen molar-refractivity contribution in [3.63, 3.8) is 0 Å². The minimum atomic E-state index is -0.239. The molecule has 1 atom stereocenters. The van der Waals surface area contributed by atoms with Crippen LogP contribution in [0.2, 0.25) is 0 Å². The number of esters is 1. The molecule has 1 amide bonds. The van der Waals surface area contributed by atoms with Crippen LogP contribution in [0.4, 0.5) is 0 Å². The fourth-order valence-corrected chi connectivity index (χ4v) is 3.31. The van der Waals surface area contributed by atoms with Crippen LogP contribution in [0.25, 0.3) is 11.3 Å². The second kappa shape index (κ2) is 8.01. The van der Waals surface area contributed by atoms with E-state index in [1.807, 2.05) is 41.3 Å². The first-order valence-electron chi connectivity index (χ1n) is 8.79. The summed E-state index contributed by atoms with van der Waals surface area (Å²) in [5.74, 6) is 0.454. The highest BCUT2D eigenvalue weighted by Crippen LogP contribution is 2.25. The molecule has 1 aromatic carbocycles. The number of carbonyl (C=O) groups excluding carboxylic acids is 2. The van der Waals surface area contributed by atoms with Gasteiger partial charge in [0.25, 0.3) is 5.91 Å². The smallest absolute Gasteiger partial charge is 0.307 e. The van der Waals surface area contributed by atoms with E-state index in [-0.39, 0.29) is 24.3 Å². The Balaban J connectivity index is 1.78. The maximum absolute atomic E-state index is 13.0. The summed E-state index contributed by atoms with van der Waals surface area (Å²) in [7, 11) is 0. The van der Waals surface area contributed by atoms with Crippen molar-refractivity contribution < 1.29 is 18.7 Å². The Morgan fingerprint density at radius 1 is 1.24 bits per heavy atom. The first-order valence-corrected chi connectivity index (χ1v) is 8.79. The summed E-state index contributed by atoms with van der Waals surface area (Å²) >= 11 is 0. The Bertz CT molecular complexity index is 723. The van der Waals surface area contributed by atoms with Gasteiger partial charge in [0.15, 0.2) is 0 Å². The molecule has 2 aromatic rings. The monoisotopic (exact) mass is 341 g/mol. The van der Waals surface area contributed by atoms with E-state index in [0.29, 0.717) is 18.7 Å². The topological polar surface area (TPSA) is 59.8 Å². The van der Waals surface area contributed by atoms with Crippen LogP contribution < -0.4 is 0 Å². The fraction of sp³-hybridized carbons (Fsp3) is 0.400. The first-order chi connectivity index (χ1) is 12.2. The minimum Gasteiger partial charge on any atom is -0.466 e. The van der Waals surface area contributed by atoms with Crippen LogP contribution in [0, 0.1) is 0 Å². The number of carbonyl (C=O) groups is 2. The summed E-state index contributed by atoms with van der Waals surface area (Å²) in [6.45, 7) is 2.83. The van der Waals surface area contributed by atoms with E-state index in [4.69, 9.17) is 9.15 Å². The predicted molar refractivity (Wildman–Crippen MR) is 94.1 cm³/mol. The summed E-state index contributed by atoms with van der Waals surface area (Å²) in [6.07, 6.45) is 4.70. The highest BCUT2D eigenvalue weighted by molar-refractivity contribution is 5.95. The molecule has 1 aliphatic heterocycles. The number of rotatable bonds is 5. The number of benzene rings is 1. The van der Waals surface area contributed by atoms with Crippen molar-refractivity contribution in [2.45, 2.75) is 38.6 Å². The van der Waals surface area contributed by atoms with Crippen molar-refractivity contribution in [3.05, 3.63) is 48.2 Å². The van der Waals surface area contributed by atoms with Crippen LogP contribution in [0.1, 0.15) is 43.0 Å². The molecule has 0 radical (unpaired) electrons. The third-order valence-electron chi connectivity index (χ3n) is 4.51.